The van der Waals surface area contributed by atoms with E-state index in [0.717, 1.165) is 13.0 Å². The molecule has 0 aromatic heterocycles. The molecule has 2 atom stereocenters. The summed E-state index contributed by atoms with van der Waals surface area (Å²) in [4.78, 5) is 2.13. The number of likely N-dealkylation sites (tertiary alicyclic amines) is 1. The van der Waals surface area contributed by atoms with Gasteiger partial charge in [-0.3, -0.25) is 4.90 Å². The zero-order valence-corrected chi connectivity index (χ0v) is 12.1. The van der Waals surface area contributed by atoms with Crippen molar-refractivity contribution in [2.45, 2.75) is 18.6 Å². The first-order chi connectivity index (χ1) is 9.63. The molecule has 1 N–H and O–H groups in total. The van der Waals surface area contributed by atoms with Crippen molar-refractivity contribution in [2.24, 2.45) is 0 Å². The van der Waals surface area contributed by atoms with Gasteiger partial charge in [-0.1, -0.05) is 11.6 Å². The van der Waals surface area contributed by atoms with Crippen LogP contribution in [0.25, 0.3) is 0 Å². The maximum absolute atomic E-state index is 12.9. The van der Waals surface area contributed by atoms with Gasteiger partial charge in [0.25, 0.3) is 0 Å². The lowest BCUT2D eigenvalue weighted by Gasteiger charge is -2.22. The number of benzene rings is 1. The van der Waals surface area contributed by atoms with E-state index in [1.165, 1.54) is 18.2 Å². The second-order valence-electron chi connectivity index (χ2n) is 4.85. The molecule has 0 radical (unpaired) electrons. The van der Waals surface area contributed by atoms with Gasteiger partial charge in [-0.15, -0.1) is 0 Å². The van der Waals surface area contributed by atoms with E-state index < -0.39 is 0 Å². The van der Waals surface area contributed by atoms with Gasteiger partial charge in [-0.25, -0.2) is 4.39 Å². The molecular formula is C14H19ClFNO3. The fourth-order valence-electron chi connectivity index (χ4n) is 2.44. The normalized spacial score (nSPS) is 23.2. The molecule has 112 valence electrons. The molecule has 1 heterocycles. The quantitative estimate of drug-likeness (QED) is 0.872. The van der Waals surface area contributed by atoms with Gasteiger partial charge < -0.3 is 14.6 Å². The zero-order valence-electron chi connectivity index (χ0n) is 11.4. The first-order valence-corrected chi connectivity index (χ1v) is 6.97. The molecule has 1 saturated heterocycles. The SMILES string of the molecule is CO[C@H]1C[C@@H](CO)N(CCOc2ccc(F)cc2Cl)C1. The third-order valence-electron chi connectivity index (χ3n) is 3.56. The van der Waals surface area contributed by atoms with Crippen LogP contribution in [0.3, 0.4) is 0 Å². The fourth-order valence-corrected chi connectivity index (χ4v) is 2.66. The van der Waals surface area contributed by atoms with E-state index in [2.05, 4.69) is 4.90 Å². The number of hydrogen-bond acceptors (Lipinski definition) is 4. The van der Waals surface area contributed by atoms with Crippen molar-refractivity contribution in [3.8, 4) is 5.75 Å². The highest BCUT2D eigenvalue weighted by Gasteiger charge is 2.31. The third kappa shape index (κ3) is 3.82. The molecule has 0 saturated carbocycles. The maximum atomic E-state index is 12.9. The first kappa shape index (κ1) is 15.5. The highest BCUT2D eigenvalue weighted by atomic mass is 35.5. The molecule has 6 heteroatoms. The number of halogens is 2. The summed E-state index contributed by atoms with van der Waals surface area (Å²) in [5, 5.41) is 9.60. The van der Waals surface area contributed by atoms with Crippen molar-refractivity contribution in [2.75, 3.05) is 33.4 Å². The van der Waals surface area contributed by atoms with Gasteiger partial charge in [-0.05, 0) is 24.6 Å². The van der Waals surface area contributed by atoms with Crippen LogP contribution in [0, 0.1) is 5.82 Å². The minimum Gasteiger partial charge on any atom is -0.491 e. The standard InChI is InChI=1S/C14H19ClFNO3/c1-19-12-7-11(9-18)17(8-12)4-5-20-14-3-2-10(16)6-13(14)15/h2-3,6,11-12,18H,4-5,7-9H2,1H3/t11-,12-/m0/s1. The minimum absolute atomic E-state index is 0.104. The minimum atomic E-state index is -0.384. The van der Waals surface area contributed by atoms with Crippen molar-refractivity contribution in [1.29, 1.82) is 0 Å². The van der Waals surface area contributed by atoms with E-state index in [9.17, 15) is 9.50 Å². The summed E-state index contributed by atoms with van der Waals surface area (Å²) in [6.07, 6.45) is 0.978. The van der Waals surface area contributed by atoms with Crippen molar-refractivity contribution in [3.63, 3.8) is 0 Å². The Balaban J connectivity index is 1.83. The lowest BCUT2D eigenvalue weighted by Crippen LogP contribution is -2.35. The predicted molar refractivity (Wildman–Crippen MR) is 74.8 cm³/mol. The van der Waals surface area contributed by atoms with Crippen LogP contribution in [0.1, 0.15) is 6.42 Å². The van der Waals surface area contributed by atoms with Gasteiger partial charge in [0.1, 0.15) is 18.2 Å². The smallest absolute Gasteiger partial charge is 0.138 e. The molecule has 1 aromatic carbocycles. The van der Waals surface area contributed by atoms with E-state index in [-0.39, 0.29) is 29.6 Å². The average Bonchev–Trinajstić information content (AvgIpc) is 2.84. The summed E-state index contributed by atoms with van der Waals surface area (Å²) >= 11 is 5.89. The second-order valence-corrected chi connectivity index (χ2v) is 5.26. The number of hydrogen-bond donors (Lipinski definition) is 1. The van der Waals surface area contributed by atoms with Crippen LogP contribution in [0.4, 0.5) is 4.39 Å². The van der Waals surface area contributed by atoms with Gasteiger partial charge in [0.05, 0.1) is 17.7 Å². The molecule has 0 bridgehead atoms. The Morgan fingerprint density at radius 1 is 1.50 bits per heavy atom. The van der Waals surface area contributed by atoms with Gasteiger partial charge in [0.2, 0.25) is 0 Å². The zero-order chi connectivity index (χ0) is 14.5. The van der Waals surface area contributed by atoms with Crippen molar-refractivity contribution >= 4 is 11.6 Å². The lowest BCUT2D eigenvalue weighted by molar-refractivity contribution is 0.105. The second kappa shape index (κ2) is 7.22. The first-order valence-electron chi connectivity index (χ1n) is 6.59. The Hall–Kier alpha value is -0.880. The molecule has 1 aliphatic rings. The van der Waals surface area contributed by atoms with Gasteiger partial charge in [0.15, 0.2) is 0 Å². The Morgan fingerprint density at radius 3 is 2.95 bits per heavy atom. The molecule has 0 amide bonds. The van der Waals surface area contributed by atoms with Crippen molar-refractivity contribution in [3.05, 3.63) is 29.0 Å². The van der Waals surface area contributed by atoms with Crippen LogP contribution in [-0.4, -0.2) is 55.6 Å². The van der Waals surface area contributed by atoms with E-state index >= 15 is 0 Å². The van der Waals surface area contributed by atoms with Crippen LogP contribution in [0.5, 0.6) is 5.75 Å². The summed E-state index contributed by atoms with van der Waals surface area (Å²) in [5.74, 6) is 0.0845. The monoisotopic (exact) mass is 303 g/mol. The average molecular weight is 304 g/mol. The molecule has 1 aliphatic heterocycles. The Kier molecular flexibility index (Phi) is 5.60. The van der Waals surface area contributed by atoms with Crippen LogP contribution < -0.4 is 4.74 Å². The van der Waals surface area contributed by atoms with Gasteiger partial charge in [-0.2, -0.15) is 0 Å². The molecule has 0 spiro atoms. The molecule has 1 aromatic rings. The van der Waals surface area contributed by atoms with Crippen molar-refractivity contribution < 1.29 is 19.0 Å². The number of methoxy groups -OCH3 is 1. The van der Waals surface area contributed by atoms with Crippen LogP contribution in [0.2, 0.25) is 5.02 Å². The van der Waals surface area contributed by atoms with E-state index in [1.54, 1.807) is 7.11 Å². The summed E-state index contributed by atoms with van der Waals surface area (Å²) < 4.78 is 23.8. The third-order valence-corrected chi connectivity index (χ3v) is 3.86. The van der Waals surface area contributed by atoms with E-state index in [4.69, 9.17) is 21.1 Å². The summed E-state index contributed by atoms with van der Waals surface area (Å²) in [6, 6.07) is 4.16. The molecule has 1 fully saturated rings. The maximum Gasteiger partial charge on any atom is 0.138 e. The molecule has 0 unspecified atom stereocenters. The molecular weight excluding hydrogens is 285 g/mol. The number of aliphatic hydroxyl groups excluding tert-OH is 1. The lowest BCUT2D eigenvalue weighted by atomic mass is 10.2. The van der Waals surface area contributed by atoms with E-state index in [1.807, 2.05) is 0 Å². The van der Waals surface area contributed by atoms with Crippen LogP contribution in [-0.2, 0) is 4.74 Å². The highest BCUT2D eigenvalue weighted by Crippen LogP contribution is 2.25. The van der Waals surface area contributed by atoms with Gasteiger partial charge >= 0.3 is 0 Å². The molecule has 0 aliphatic carbocycles. The Morgan fingerprint density at radius 2 is 2.30 bits per heavy atom. The molecule has 2 rings (SSSR count). The summed E-state index contributed by atoms with van der Waals surface area (Å²) in [6.45, 7) is 1.98. The van der Waals surface area contributed by atoms with Crippen LogP contribution >= 0.6 is 11.6 Å². The van der Waals surface area contributed by atoms with Gasteiger partial charge in [0, 0.05) is 26.2 Å². The summed E-state index contributed by atoms with van der Waals surface area (Å²) in [7, 11) is 1.68. The van der Waals surface area contributed by atoms with Crippen molar-refractivity contribution in [1.82, 2.24) is 4.90 Å². The number of aliphatic hydroxyl groups is 1. The predicted octanol–water partition coefficient (Wildman–Crippen LogP) is 1.94. The Bertz CT molecular complexity index is 446. The number of ether oxygens (including phenoxy) is 2. The summed E-state index contributed by atoms with van der Waals surface area (Å²) in [5.41, 5.74) is 0. The topological polar surface area (TPSA) is 41.9 Å². The molecule has 4 nitrogen and oxygen atoms in total. The fraction of sp³-hybridized carbons (Fsp3) is 0.571. The number of rotatable bonds is 6. The Labute approximate surface area is 123 Å². The van der Waals surface area contributed by atoms with E-state index in [0.29, 0.717) is 18.9 Å². The number of nitrogens with zero attached hydrogens (tertiary/aromatic N) is 1. The highest BCUT2D eigenvalue weighted by molar-refractivity contribution is 6.32. The largest absolute Gasteiger partial charge is 0.491 e. The van der Waals surface area contributed by atoms with Crippen LogP contribution in [0.15, 0.2) is 18.2 Å². The molecule has 20 heavy (non-hydrogen) atoms.